The summed E-state index contributed by atoms with van der Waals surface area (Å²) in [5.74, 6) is -0.344. The highest BCUT2D eigenvalue weighted by atomic mass is 35.5. The Labute approximate surface area is 205 Å². The SMILES string of the molecule is COC(=O)c1ccc2c(=O)n(-c3cccc(Cl)c3)c(N3CCN(c4ccccc4F)CC3)nc2c1. The number of para-hydroxylation sites is 1. The lowest BCUT2D eigenvalue weighted by Gasteiger charge is -2.37. The molecule has 2 heterocycles. The van der Waals surface area contributed by atoms with E-state index in [1.165, 1.54) is 17.7 Å². The van der Waals surface area contributed by atoms with Gasteiger partial charge in [-0.15, -0.1) is 0 Å². The van der Waals surface area contributed by atoms with Gasteiger partial charge in [0.05, 0.1) is 35.0 Å². The van der Waals surface area contributed by atoms with E-state index in [-0.39, 0.29) is 11.4 Å². The molecule has 5 rings (SSSR count). The number of hydrogen-bond donors (Lipinski definition) is 0. The Bertz CT molecular complexity index is 1480. The number of hydrogen-bond acceptors (Lipinski definition) is 6. The van der Waals surface area contributed by atoms with Gasteiger partial charge >= 0.3 is 5.97 Å². The van der Waals surface area contributed by atoms with Gasteiger partial charge in [-0.05, 0) is 48.5 Å². The van der Waals surface area contributed by atoms with E-state index in [1.807, 2.05) is 15.9 Å². The summed E-state index contributed by atoms with van der Waals surface area (Å²) in [5.41, 5.74) is 1.56. The van der Waals surface area contributed by atoms with Crippen LogP contribution in [0.25, 0.3) is 16.6 Å². The zero-order valence-electron chi connectivity index (χ0n) is 18.9. The van der Waals surface area contributed by atoms with Crippen LogP contribution in [0.3, 0.4) is 0 Å². The molecule has 1 saturated heterocycles. The molecule has 7 nitrogen and oxygen atoms in total. The molecule has 1 aromatic heterocycles. The Morgan fingerprint density at radius 3 is 2.43 bits per heavy atom. The highest BCUT2D eigenvalue weighted by Gasteiger charge is 2.25. The molecule has 1 aliphatic rings. The number of carbonyl (C=O) groups is 1. The molecule has 0 aliphatic carbocycles. The highest BCUT2D eigenvalue weighted by Crippen LogP contribution is 2.25. The Balaban J connectivity index is 1.60. The van der Waals surface area contributed by atoms with Gasteiger partial charge in [-0.2, -0.15) is 0 Å². The third kappa shape index (κ3) is 4.33. The normalized spacial score (nSPS) is 13.8. The van der Waals surface area contributed by atoms with Crippen LogP contribution >= 0.6 is 11.6 Å². The average Bonchev–Trinajstić information content (AvgIpc) is 2.88. The monoisotopic (exact) mass is 492 g/mol. The van der Waals surface area contributed by atoms with Crippen molar-refractivity contribution in [1.82, 2.24) is 9.55 Å². The third-order valence-corrected chi connectivity index (χ3v) is 6.33. The van der Waals surface area contributed by atoms with Crippen LogP contribution in [0.5, 0.6) is 0 Å². The molecule has 0 N–H and O–H groups in total. The quantitative estimate of drug-likeness (QED) is 0.396. The summed E-state index contributed by atoms with van der Waals surface area (Å²) in [5, 5.41) is 0.859. The van der Waals surface area contributed by atoms with Crippen molar-refractivity contribution in [3.05, 3.63) is 93.5 Å². The number of halogens is 2. The van der Waals surface area contributed by atoms with Gasteiger partial charge in [-0.3, -0.25) is 4.79 Å². The number of benzene rings is 3. The van der Waals surface area contributed by atoms with E-state index >= 15 is 0 Å². The van der Waals surface area contributed by atoms with Crippen molar-refractivity contribution in [2.45, 2.75) is 0 Å². The minimum atomic E-state index is -0.507. The summed E-state index contributed by atoms with van der Waals surface area (Å²) in [6.07, 6.45) is 0. The second kappa shape index (κ2) is 9.38. The molecule has 4 aromatic rings. The number of fused-ring (bicyclic) bond motifs is 1. The van der Waals surface area contributed by atoms with E-state index in [0.29, 0.717) is 65.0 Å². The summed E-state index contributed by atoms with van der Waals surface area (Å²) in [6, 6.07) is 18.4. The third-order valence-electron chi connectivity index (χ3n) is 6.09. The van der Waals surface area contributed by atoms with Crippen molar-refractivity contribution in [2.24, 2.45) is 0 Å². The van der Waals surface area contributed by atoms with Crippen molar-refractivity contribution in [3.63, 3.8) is 0 Å². The highest BCUT2D eigenvalue weighted by molar-refractivity contribution is 6.30. The smallest absolute Gasteiger partial charge is 0.337 e. The number of nitrogens with zero attached hydrogens (tertiary/aromatic N) is 4. The van der Waals surface area contributed by atoms with Gasteiger partial charge in [0.25, 0.3) is 5.56 Å². The molecule has 0 amide bonds. The maximum Gasteiger partial charge on any atom is 0.337 e. The largest absolute Gasteiger partial charge is 0.465 e. The van der Waals surface area contributed by atoms with Gasteiger partial charge in [-0.1, -0.05) is 29.8 Å². The summed E-state index contributed by atoms with van der Waals surface area (Å²) in [7, 11) is 1.30. The molecular weight excluding hydrogens is 471 g/mol. The fourth-order valence-corrected chi connectivity index (χ4v) is 4.52. The van der Waals surface area contributed by atoms with Gasteiger partial charge in [0.15, 0.2) is 0 Å². The number of ether oxygens (including phenoxy) is 1. The van der Waals surface area contributed by atoms with Crippen molar-refractivity contribution in [3.8, 4) is 5.69 Å². The van der Waals surface area contributed by atoms with Crippen LogP contribution in [0.1, 0.15) is 10.4 Å². The lowest BCUT2D eigenvalue weighted by Crippen LogP contribution is -2.48. The van der Waals surface area contributed by atoms with E-state index in [0.717, 1.165) is 0 Å². The number of piperazine rings is 1. The number of methoxy groups -OCH3 is 1. The molecule has 0 radical (unpaired) electrons. The molecule has 35 heavy (non-hydrogen) atoms. The first-order valence-electron chi connectivity index (χ1n) is 11.1. The van der Waals surface area contributed by atoms with Crippen LogP contribution in [0.2, 0.25) is 5.02 Å². The van der Waals surface area contributed by atoms with Crippen molar-refractivity contribution < 1.29 is 13.9 Å². The molecule has 178 valence electrons. The van der Waals surface area contributed by atoms with E-state index in [1.54, 1.807) is 54.6 Å². The van der Waals surface area contributed by atoms with E-state index in [9.17, 15) is 14.0 Å². The molecule has 0 spiro atoms. The van der Waals surface area contributed by atoms with Gasteiger partial charge in [0, 0.05) is 31.2 Å². The number of rotatable bonds is 4. The van der Waals surface area contributed by atoms with Crippen LogP contribution < -0.4 is 15.4 Å². The molecule has 1 fully saturated rings. The molecule has 1 aliphatic heterocycles. The Morgan fingerprint density at radius 2 is 1.71 bits per heavy atom. The summed E-state index contributed by atoms with van der Waals surface area (Å²) >= 11 is 6.23. The van der Waals surface area contributed by atoms with Crippen LogP contribution in [0, 0.1) is 5.82 Å². The fourth-order valence-electron chi connectivity index (χ4n) is 4.33. The molecule has 3 aromatic carbocycles. The zero-order chi connectivity index (χ0) is 24.5. The first kappa shape index (κ1) is 22.9. The summed E-state index contributed by atoms with van der Waals surface area (Å²) in [6.45, 7) is 2.13. The first-order valence-corrected chi connectivity index (χ1v) is 11.5. The van der Waals surface area contributed by atoms with Crippen molar-refractivity contribution >= 4 is 40.1 Å². The van der Waals surface area contributed by atoms with Crippen molar-refractivity contribution in [1.29, 1.82) is 0 Å². The Morgan fingerprint density at radius 1 is 0.971 bits per heavy atom. The van der Waals surface area contributed by atoms with Crippen molar-refractivity contribution in [2.75, 3.05) is 43.1 Å². The number of carbonyl (C=O) groups excluding carboxylic acids is 1. The van der Waals surface area contributed by atoms with Gasteiger partial charge in [-0.25, -0.2) is 18.7 Å². The maximum absolute atomic E-state index is 14.3. The Hall–Kier alpha value is -3.91. The van der Waals surface area contributed by atoms with E-state index in [4.69, 9.17) is 21.3 Å². The zero-order valence-corrected chi connectivity index (χ0v) is 19.7. The average molecular weight is 493 g/mol. The van der Waals surface area contributed by atoms with Crippen LogP contribution in [-0.2, 0) is 4.74 Å². The van der Waals surface area contributed by atoms with Crippen LogP contribution in [0.4, 0.5) is 16.0 Å². The topological polar surface area (TPSA) is 67.7 Å². The number of esters is 1. The molecule has 9 heteroatoms. The summed E-state index contributed by atoms with van der Waals surface area (Å²) in [4.78, 5) is 34.5. The van der Waals surface area contributed by atoms with E-state index in [2.05, 4.69) is 0 Å². The molecule has 0 atom stereocenters. The maximum atomic E-state index is 14.3. The minimum absolute atomic E-state index is 0.268. The van der Waals surface area contributed by atoms with Crippen LogP contribution in [0.15, 0.2) is 71.5 Å². The molecule has 0 bridgehead atoms. The molecule has 0 unspecified atom stereocenters. The molecule has 0 saturated carbocycles. The second-order valence-corrected chi connectivity index (χ2v) is 8.62. The van der Waals surface area contributed by atoms with Gasteiger partial charge in [0.2, 0.25) is 5.95 Å². The predicted molar refractivity (Wildman–Crippen MR) is 135 cm³/mol. The Kier molecular flexibility index (Phi) is 6.13. The standard InChI is InChI=1S/C26H22ClFN4O3/c1-35-25(34)17-9-10-20-22(15-17)29-26(32(24(20)33)19-6-4-5-18(27)16-19)31-13-11-30(12-14-31)23-8-3-2-7-21(23)28/h2-10,15-16H,11-14H2,1H3. The number of anilines is 2. The fraction of sp³-hybridized carbons (Fsp3) is 0.192. The first-order chi connectivity index (χ1) is 17.0. The lowest BCUT2D eigenvalue weighted by atomic mass is 10.1. The van der Waals surface area contributed by atoms with Crippen LogP contribution in [-0.4, -0.2) is 48.8 Å². The van der Waals surface area contributed by atoms with Gasteiger partial charge < -0.3 is 14.5 Å². The predicted octanol–water partition coefficient (Wildman–Crippen LogP) is 4.29. The van der Waals surface area contributed by atoms with Gasteiger partial charge in [0.1, 0.15) is 5.82 Å². The van der Waals surface area contributed by atoms with E-state index < -0.39 is 5.97 Å². The number of aromatic nitrogens is 2. The summed E-state index contributed by atoms with van der Waals surface area (Å²) < 4.78 is 20.7. The minimum Gasteiger partial charge on any atom is -0.465 e. The lowest BCUT2D eigenvalue weighted by molar-refractivity contribution is 0.0601. The molecular formula is C26H22ClFN4O3. The second-order valence-electron chi connectivity index (χ2n) is 8.18.